The lowest BCUT2D eigenvalue weighted by molar-refractivity contribution is -0.127. The van der Waals surface area contributed by atoms with Gasteiger partial charge in [-0.2, -0.15) is 0 Å². The van der Waals surface area contributed by atoms with E-state index in [-0.39, 0.29) is 5.91 Å². The van der Waals surface area contributed by atoms with Gasteiger partial charge >= 0.3 is 0 Å². The molecule has 1 atom stereocenters. The molecule has 0 saturated heterocycles. The third-order valence-electron chi connectivity index (χ3n) is 4.09. The molecule has 0 unspecified atom stereocenters. The van der Waals surface area contributed by atoms with Crippen LogP contribution < -0.4 is 10.1 Å². The summed E-state index contributed by atoms with van der Waals surface area (Å²) >= 11 is 3.29. The molecule has 0 spiro atoms. The van der Waals surface area contributed by atoms with E-state index in [0.717, 1.165) is 21.0 Å². The second-order valence-corrected chi connectivity index (χ2v) is 8.13. The Labute approximate surface area is 165 Å². The van der Waals surface area contributed by atoms with E-state index >= 15 is 0 Å². The molecule has 6 heteroatoms. The Balaban J connectivity index is 1.39. The number of nitrogens with one attached hydrogen (secondary N) is 1. The van der Waals surface area contributed by atoms with Gasteiger partial charge in [0.05, 0.1) is 16.8 Å². The van der Waals surface area contributed by atoms with Crippen LogP contribution in [0.15, 0.2) is 66.0 Å². The van der Waals surface area contributed by atoms with E-state index in [4.69, 9.17) is 4.74 Å². The molecule has 0 radical (unpaired) electrons. The molecule has 0 aliphatic carbocycles. The van der Waals surface area contributed by atoms with Crippen LogP contribution >= 0.6 is 22.7 Å². The number of ether oxygens (including phenoxy) is 1. The fourth-order valence-corrected chi connectivity index (χ4v) is 4.28. The number of nitrogens with zero attached hydrogens (tertiary/aromatic N) is 1. The molecule has 27 heavy (non-hydrogen) atoms. The lowest BCUT2D eigenvalue weighted by atomic mass is 10.2. The standard InChI is InChI=1S/C21H18N2O2S2/c1-14(20(24)22-13-17-5-4-12-26-17)25-16-10-8-15(9-11-16)21-23-18-6-2-3-7-19(18)27-21/h2-12,14H,13H2,1H3,(H,22,24)/t14-/m1/s1. The van der Waals surface area contributed by atoms with Crippen LogP contribution in [0.1, 0.15) is 11.8 Å². The Morgan fingerprint density at radius 3 is 2.67 bits per heavy atom. The van der Waals surface area contributed by atoms with Crippen molar-refractivity contribution in [3.05, 3.63) is 70.9 Å². The van der Waals surface area contributed by atoms with Crippen molar-refractivity contribution in [1.29, 1.82) is 0 Å². The first-order chi connectivity index (χ1) is 13.2. The maximum atomic E-state index is 12.2. The number of hydrogen-bond donors (Lipinski definition) is 1. The minimum atomic E-state index is -0.557. The third-order valence-corrected chi connectivity index (χ3v) is 6.06. The number of amides is 1. The molecule has 2 heterocycles. The number of fused-ring (bicyclic) bond motifs is 1. The maximum absolute atomic E-state index is 12.2. The second-order valence-electron chi connectivity index (χ2n) is 6.07. The summed E-state index contributed by atoms with van der Waals surface area (Å²) in [4.78, 5) is 18.0. The summed E-state index contributed by atoms with van der Waals surface area (Å²) in [5.74, 6) is 0.539. The van der Waals surface area contributed by atoms with E-state index in [1.807, 2.05) is 60.0 Å². The smallest absolute Gasteiger partial charge is 0.261 e. The minimum Gasteiger partial charge on any atom is -0.481 e. The minimum absolute atomic E-state index is 0.126. The zero-order valence-electron chi connectivity index (χ0n) is 14.7. The quantitative estimate of drug-likeness (QED) is 0.494. The largest absolute Gasteiger partial charge is 0.481 e. The van der Waals surface area contributed by atoms with Crippen molar-refractivity contribution in [3.8, 4) is 16.3 Å². The Hall–Kier alpha value is -2.70. The van der Waals surface area contributed by atoms with Gasteiger partial charge in [-0.25, -0.2) is 4.98 Å². The molecule has 0 saturated carbocycles. The van der Waals surface area contributed by atoms with Crippen molar-refractivity contribution in [2.75, 3.05) is 0 Å². The lowest BCUT2D eigenvalue weighted by Gasteiger charge is -2.14. The number of aromatic nitrogens is 1. The topological polar surface area (TPSA) is 51.2 Å². The van der Waals surface area contributed by atoms with Crippen LogP contribution in [0.2, 0.25) is 0 Å². The van der Waals surface area contributed by atoms with Gasteiger partial charge in [0.15, 0.2) is 6.10 Å². The van der Waals surface area contributed by atoms with Crippen LogP contribution in [0, 0.1) is 0 Å². The summed E-state index contributed by atoms with van der Waals surface area (Å²) in [5, 5.41) is 5.87. The molecule has 1 N–H and O–H groups in total. The molecule has 4 rings (SSSR count). The summed E-state index contributed by atoms with van der Waals surface area (Å²) in [6.07, 6.45) is -0.557. The maximum Gasteiger partial charge on any atom is 0.261 e. The number of carbonyl (C=O) groups excluding carboxylic acids is 1. The molecule has 1 amide bonds. The fraction of sp³-hybridized carbons (Fsp3) is 0.143. The average Bonchev–Trinajstić information content (AvgIpc) is 3.36. The number of thiophene rings is 1. The first-order valence-corrected chi connectivity index (χ1v) is 10.3. The highest BCUT2D eigenvalue weighted by molar-refractivity contribution is 7.21. The van der Waals surface area contributed by atoms with Crippen molar-refractivity contribution < 1.29 is 9.53 Å². The predicted octanol–water partition coefficient (Wildman–Crippen LogP) is 5.11. The lowest BCUT2D eigenvalue weighted by Crippen LogP contribution is -2.35. The van der Waals surface area contributed by atoms with Crippen LogP contribution in [-0.2, 0) is 11.3 Å². The summed E-state index contributed by atoms with van der Waals surface area (Å²) < 4.78 is 6.94. The Kier molecular flexibility index (Phi) is 5.18. The van der Waals surface area contributed by atoms with Gasteiger partial charge in [-0.3, -0.25) is 4.79 Å². The normalized spacial score (nSPS) is 12.0. The first-order valence-electron chi connectivity index (χ1n) is 8.62. The van der Waals surface area contributed by atoms with E-state index < -0.39 is 6.10 Å². The molecule has 2 aromatic heterocycles. The molecule has 0 bridgehead atoms. The van der Waals surface area contributed by atoms with Gasteiger partial charge in [0.1, 0.15) is 10.8 Å². The van der Waals surface area contributed by atoms with Crippen LogP contribution in [0.3, 0.4) is 0 Å². The van der Waals surface area contributed by atoms with Gasteiger partial charge in [0, 0.05) is 10.4 Å². The molecule has 0 aliphatic heterocycles. The second kappa shape index (κ2) is 7.90. The van der Waals surface area contributed by atoms with E-state index in [2.05, 4.69) is 16.4 Å². The van der Waals surface area contributed by atoms with Crippen LogP contribution in [0.4, 0.5) is 0 Å². The van der Waals surface area contributed by atoms with Gasteiger partial charge in [-0.05, 0) is 54.8 Å². The predicted molar refractivity (Wildman–Crippen MR) is 111 cm³/mol. The Morgan fingerprint density at radius 2 is 1.93 bits per heavy atom. The van der Waals surface area contributed by atoms with Gasteiger partial charge in [-0.15, -0.1) is 22.7 Å². The summed E-state index contributed by atoms with van der Waals surface area (Å²) in [7, 11) is 0. The number of carbonyl (C=O) groups is 1. The molecular weight excluding hydrogens is 376 g/mol. The molecule has 0 fully saturated rings. The van der Waals surface area contributed by atoms with Gasteiger partial charge in [0.25, 0.3) is 5.91 Å². The number of rotatable bonds is 6. The van der Waals surface area contributed by atoms with E-state index in [1.54, 1.807) is 29.6 Å². The molecule has 4 nitrogen and oxygen atoms in total. The Bertz CT molecular complexity index is 1010. The number of thiazole rings is 1. The SMILES string of the molecule is C[C@@H](Oc1ccc(-c2nc3ccccc3s2)cc1)C(=O)NCc1cccs1. The highest BCUT2D eigenvalue weighted by Gasteiger charge is 2.15. The highest BCUT2D eigenvalue weighted by atomic mass is 32.1. The number of hydrogen-bond acceptors (Lipinski definition) is 5. The van der Waals surface area contributed by atoms with Crippen LogP contribution in [-0.4, -0.2) is 17.0 Å². The Morgan fingerprint density at radius 1 is 1.11 bits per heavy atom. The van der Waals surface area contributed by atoms with Crippen LogP contribution in [0.25, 0.3) is 20.8 Å². The fourth-order valence-electron chi connectivity index (χ4n) is 2.66. The summed E-state index contributed by atoms with van der Waals surface area (Å²) in [6, 6.07) is 19.8. The molecule has 136 valence electrons. The van der Waals surface area contributed by atoms with Crippen LogP contribution in [0.5, 0.6) is 5.75 Å². The molecule has 2 aromatic carbocycles. The zero-order valence-corrected chi connectivity index (χ0v) is 16.3. The van der Waals surface area contributed by atoms with Crippen molar-refractivity contribution in [3.63, 3.8) is 0 Å². The van der Waals surface area contributed by atoms with Crippen molar-refractivity contribution >= 4 is 38.8 Å². The highest BCUT2D eigenvalue weighted by Crippen LogP contribution is 2.31. The van der Waals surface area contributed by atoms with E-state index in [0.29, 0.717) is 12.3 Å². The average molecular weight is 395 g/mol. The molecule has 4 aromatic rings. The van der Waals surface area contributed by atoms with E-state index in [1.165, 1.54) is 4.70 Å². The van der Waals surface area contributed by atoms with Crippen molar-refractivity contribution in [2.24, 2.45) is 0 Å². The van der Waals surface area contributed by atoms with Crippen molar-refractivity contribution in [2.45, 2.75) is 19.6 Å². The van der Waals surface area contributed by atoms with Gasteiger partial charge in [-0.1, -0.05) is 18.2 Å². The third kappa shape index (κ3) is 4.18. The van der Waals surface area contributed by atoms with Crippen molar-refractivity contribution in [1.82, 2.24) is 10.3 Å². The number of benzene rings is 2. The summed E-state index contributed by atoms with van der Waals surface area (Å²) in [5.41, 5.74) is 2.05. The zero-order chi connectivity index (χ0) is 18.6. The number of para-hydroxylation sites is 1. The molecular formula is C21H18N2O2S2. The monoisotopic (exact) mass is 394 g/mol. The van der Waals surface area contributed by atoms with E-state index in [9.17, 15) is 4.79 Å². The van der Waals surface area contributed by atoms with Gasteiger partial charge < -0.3 is 10.1 Å². The van der Waals surface area contributed by atoms with Gasteiger partial charge in [0.2, 0.25) is 0 Å². The summed E-state index contributed by atoms with van der Waals surface area (Å²) in [6.45, 7) is 2.28. The first kappa shape index (κ1) is 17.7. The molecule has 0 aliphatic rings.